The fourth-order valence-corrected chi connectivity index (χ4v) is 2.64. The van der Waals surface area contributed by atoms with Crippen LogP contribution in [0.3, 0.4) is 0 Å². The molecule has 0 unspecified atom stereocenters. The van der Waals surface area contributed by atoms with Gasteiger partial charge >= 0.3 is 5.97 Å². The first kappa shape index (κ1) is 22.8. The summed E-state index contributed by atoms with van der Waals surface area (Å²) in [7, 11) is 0. The van der Waals surface area contributed by atoms with Gasteiger partial charge in [0.1, 0.15) is 24.3 Å². The van der Waals surface area contributed by atoms with Crippen LogP contribution in [0, 0.1) is 5.92 Å². The lowest BCUT2D eigenvalue weighted by atomic mass is 10.1. The van der Waals surface area contributed by atoms with Gasteiger partial charge in [0, 0.05) is 0 Å². The molecule has 0 heterocycles. The van der Waals surface area contributed by atoms with Crippen LogP contribution in [0.5, 0.6) is 11.5 Å². The van der Waals surface area contributed by atoms with Gasteiger partial charge < -0.3 is 9.47 Å². The average molecular weight is 408 g/mol. The second kappa shape index (κ2) is 10.9. The van der Waals surface area contributed by atoms with Crippen molar-refractivity contribution in [2.45, 2.75) is 52.1 Å². The highest BCUT2D eigenvalue weighted by Gasteiger charge is 2.23. The van der Waals surface area contributed by atoms with Gasteiger partial charge in [0.2, 0.25) is 0 Å². The number of alkyl halides is 3. The predicted octanol–water partition coefficient (Wildman–Crippen LogP) is 6.11. The lowest BCUT2D eigenvalue weighted by molar-refractivity contribution is -0.141. The highest BCUT2D eigenvalue weighted by molar-refractivity contribution is 5.77. The van der Waals surface area contributed by atoms with Crippen LogP contribution in [0.25, 0.3) is 11.1 Å². The minimum absolute atomic E-state index is 0.179. The van der Waals surface area contributed by atoms with Gasteiger partial charge in [-0.1, -0.05) is 51.5 Å². The summed E-state index contributed by atoms with van der Waals surface area (Å²) in [5, 5.41) is 0. The maximum absolute atomic E-state index is 13.7. The topological polar surface area (TPSA) is 35.5 Å². The lowest BCUT2D eigenvalue weighted by Crippen LogP contribution is -2.26. The van der Waals surface area contributed by atoms with E-state index in [1.54, 1.807) is 69.3 Å². The van der Waals surface area contributed by atoms with Crippen LogP contribution in [0.15, 0.2) is 48.5 Å². The Labute approximate surface area is 169 Å². The molecule has 0 spiro atoms. The summed E-state index contributed by atoms with van der Waals surface area (Å²) in [5.41, 5.74) is 1.72. The van der Waals surface area contributed by atoms with Gasteiger partial charge in [0.15, 0.2) is 12.3 Å². The Morgan fingerprint density at radius 3 is 1.86 bits per heavy atom. The molecule has 0 saturated heterocycles. The van der Waals surface area contributed by atoms with Crippen LogP contribution in [0.4, 0.5) is 13.2 Å². The minimum Gasteiger partial charge on any atom is -0.490 e. The first-order valence-corrected chi connectivity index (χ1v) is 9.79. The van der Waals surface area contributed by atoms with E-state index < -0.39 is 30.4 Å². The number of carbonyl (C=O) groups is 1. The number of ether oxygens (including phenoxy) is 2. The number of hydrogen-bond acceptors (Lipinski definition) is 3. The summed E-state index contributed by atoms with van der Waals surface area (Å²) >= 11 is 0. The summed E-state index contributed by atoms with van der Waals surface area (Å²) < 4.78 is 51.2. The van der Waals surface area contributed by atoms with Crippen molar-refractivity contribution in [2.75, 3.05) is 6.61 Å². The Bertz CT molecular complexity index is 760. The monoisotopic (exact) mass is 408 g/mol. The molecule has 0 amide bonds. The molecule has 2 rings (SSSR count). The fraction of sp³-hybridized carbons (Fsp3) is 0.435. The van der Waals surface area contributed by atoms with Gasteiger partial charge in [-0.2, -0.15) is 0 Å². The van der Waals surface area contributed by atoms with Crippen molar-refractivity contribution >= 4 is 5.97 Å². The molecular weight excluding hydrogens is 381 g/mol. The van der Waals surface area contributed by atoms with Gasteiger partial charge in [-0.15, -0.1) is 0 Å². The van der Waals surface area contributed by atoms with Crippen molar-refractivity contribution in [2.24, 2.45) is 5.92 Å². The molecule has 0 radical (unpaired) electrons. The molecule has 0 aliphatic heterocycles. The molecule has 3 atom stereocenters. The highest BCUT2D eigenvalue weighted by atomic mass is 19.2. The minimum atomic E-state index is -1.67. The molecule has 0 aliphatic rings. The molecule has 0 aliphatic carbocycles. The van der Waals surface area contributed by atoms with Crippen LogP contribution in [-0.4, -0.2) is 31.1 Å². The van der Waals surface area contributed by atoms with E-state index in [1.165, 1.54) is 0 Å². The van der Waals surface area contributed by atoms with Crippen LogP contribution in [0.2, 0.25) is 0 Å². The third-order valence-electron chi connectivity index (χ3n) is 4.44. The average Bonchev–Trinajstić information content (AvgIpc) is 2.72. The van der Waals surface area contributed by atoms with E-state index in [0.29, 0.717) is 12.2 Å². The molecule has 158 valence electrons. The number of carbonyl (C=O) groups excluding carboxylic acids is 1. The molecule has 2 aromatic rings. The van der Waals surface area contributed by atoms with Crippen LogP contribution in [0.1, 0.15) is 33.6 Å². The number of benzene rings is 2. The molecule has 0 saturated carbocycles. The third-order valence-corrected chi connectivity index (χ3v) is 4.44. The smallest absolute Gasteiger partial charge is 0.346 e. The van der Waals surface area contributed by atoms with Crippen molar-refractivity contribution in [1.82, 2.24) is 0 Å². The summed E-state index contributed by atoms with van der Waals surface area (Å²) in [6, 6.07) is 13.6. The number of halogens is 3. The van der Waals surface area contributed by atoms with E-state index in [9.17, 15) is 18.0 Å². The normalized spacial score (nSPS) is 14.3. The van der Waals surface area contributed by atoms with Crippen molar-refractivity contribution < 1.29 is 27.4 Å². The van der Waals surface area contributed by atoms with E-state index >= 15 is 0 Å². The van der Waals surface area contributed by atoms with Crippen LogP contribution < -0.4 is 9.47 Å². The van der Waals surface area contributed by atoms with E-state index in [0.717, 1.165) is 11.1 Å². The Kier molecular flexibility index (Phi) is 8.55. The Morgan fingerprint density at radius 2 is 1.38 bits per heavy atom. The SMILES string of the molecule is CCC[C@@H](F)[C@H](F)COc1ccc(-c2ccc(OC(=O)[C@@H](F)C(C)C)cc2)cc1. The van der Waals surface area contributed by atoms with Gasteiger partial charge in [0.05, 0.1) is 0 Å². The molecular formula is C23H27F3O3. The largest absolute Gasteiger partial charge is 0.490 e. The van der Waals surface area contributed by atoms with E-state index in [2.05, 4.69) is 0 Å². The van der Waals surface area contributed by atoms with E-state index in [4.69, 9.17) is 9.47 Å². The summed E-state index contributed by atoms with van der Waals surface area (Å²) in [6.07, 6.45) is -4.07. The Morgan fingerprint density at radius 1 is 0.862 bits per heavy atom. The zero-order valence-electron chi connectivity index (χ0n) is 16.9. The van der Waals surface area contributed by atoms with Crippen molar-refractivity contribution in [1.29, 1.82) is 0 Å². The van der Waals surface area contributed by atoms with Crippen LogP contribution in [-0.2, 0) is 4.79 Å². The van der Waals surface area contributed by atoms with Crippen molar-refractivity contribution in [3.05, 3.63) is 48.5 Å². The quantitative estimate of drug-likeness (QED) is 0.352. The van der Waals surface area contributed by atoms with E-state index in [1.807, 2.05) is 0 Å². The number of esters is 1. The maximum Gasteiger partial charge on any atom is 0.346 e. The molecule has 0 aromatic heterocycles. The summed E-state index contributed by atoms with van der Waals surface area (Å²) in [4.78, 5) is 11.7. The van der Waals surface area contributed by atoms with Gasteiger partial charge in [-0.3, -0.25) is 0 Å². The Balaban J connectivity index is 1.93. The Hall–Kier alpha value is -2.50. The molecule has 0 fully saturated rings. The molecule has 0 N–H and O–H groups in total. The summed E-state index contributed by atoms with van der Waals surface area (Å²) in [6.45, 7) is 4.69. The maximum atomic E-state index is 13.7. The molecule has 29 heavy (non-hydrogen) atoms. The first-order chi connectivity index (χ1) is 13.8. The van der Waals surface area contributed by atoms with Gasteiger partial charge in [-0.25, -0.2) is 18.0 Å². The molecule has 2 aromatic carbocycles. The van der Waals surface area contributed by atoms with Crippen molar-refractivity contribution in [3.63, 3.8) is 0 Å². The second-order valence-corrected chi connectivity index (χ2v) is 7.25. The van der Waals surface area contributed by atoms with E-state index in [-0.39, 0.29) is 18.8 Å². The van der Waals surface area contributed by atoms with Crippen molar-refractivity contribution in [3.8, 4) is 22.6 Å². The third kappa shape index (κ3) is 6.80. The predicted molar refractivity (Wildman–Crippen MR) is 107 cm³/mol. The standard InChI is InChI=1S/C23H27F3O3/c1-4-5-20(24)21(25)14-28-18-10-6-16(7-11-18)17-8-12-19(13-9-17)29-23(27)22(26)15(2)3/h6-13,15,20-22H,4-5,14H2,1-3H3/t20-,21-,22+/m1/s1. The molecule has 3 nitrogen and oxygen atoms in total. The summed E-state index contributed by atoms with van der Waals surface area (Å²) in [5.74, 6) is -0.635. The number of hydrogen-bond donors (Lipinski definition) is 0. The molecule has 0 bridgehead atoms. The first-order valence-electron chi connectivity index (χ1n) is 9.79. The van der Waals surface area contributed by atoms with Gasteiger partial charge in [-0.05, 0) is 47.7 Å². The second-order valence-electron chi connectivity index (χ2n) is 7.25. The van der Waals surface area contributed by atoms with Gasteiger partial charge in [0.25, 0.3) is 0 Å². The highest BCUT2D eigenvalue weighted by Crippen LogP contribution is 2.25. The zero-order chi connectivity index (χ0) is 21.4. The zero-order valence-corrected chi connectivity index (χ0v) is 16.9. The molecule has 6 heteroatoms. The van der Waals surface area contributed by atoms with Crippen LogP contribution >= 0.6 is 0 Å². The number of rotatable bonds is 10. The fourth-order valence-electron chi connectivity index (χ4n) is 2.64. The lowest BCUT2D eigenvalue weighted by Gasteiger charge is -2.14.